The number of aromatic amines is 1. The van der Waals surface area contributed by atoms with E-state index in [1.165, 1.54) is 231 Å². The molecule has 0 fully saturated rings. The van der Waals surface area contributed by atoms with E-state index in [-0.39, 0.29) is 0 Å². The van der Waals surface area contributed by atoms with Crippen molar-refractivity contribution in [1.29, 1.82) is 0 Å². The molecule has 0 aromatic carbocycles. The van der Waals surface area contributed by atoms with Crippen LogP contribution in [0.5, 0.6) is 0 Å². The van der Waals surface area contributed by atoms with Gasteiger partial charge in [0.15, 0.2) is 0 Å². The Bertz CT molecular complexity index is 656. The van der Waals surface area contributed by atoms with E-state index >= 15 is 0 Å². The van der Waals surface area contributed by atoms with Gasteiger partial charge >= 0.3 is 0 Å². The molecule has 1 rings (SSSR count). The maximum Gasteiger partial charge on any atom is 0.0184 e. The second-order valence-electron chi connectivity index (χ2n) is 14.9. The van der Waals surface area contributed by atoms with Gasteiger partial charge in [-0.15, -0.1) is 0 Å². The minimum atomic E-state index is 1.29. The second kappa shape index (κ2) is 33.2. The highest BCUT2D eigenvalue weighted by Gasteiger charge is 2.17. The van der Waals surface area contributed by atoms with Crippen LogP contribution in [-0.2, 0) is 25.7 Å². The Morgan fingerprint density at radius 1 is 0.244 bits per heavy atom. The van der Waals surface area contributed by atoms with Gasteiger partial charge in [0, 0.05) is 11.4 Å². The fourth-order valence-electron chi connectivity index (χ4n) is 7.47. The number of hydrogen-bond acceptors (Lipinski definition) is 0. The zero-order chi connectivity index (χ0) is 32.5. The van der Waals surface area contributed by atoms with E-state index in [2.05, 4.69) is 32.7 Å². The summed E-state index contributed by atoms with van der Waals surface area (Å²) in [6.07, 6.45) is 50.8. The van der Waals surface area contributed by atoms with Gasteiger partial charge in [-0.2, -0.15) is 0 Å². The second-order valence-corrected chi connectivity index (χ2v) is 14.9. The predicted octanol–water partition coefficient (Wildman–Crippen LogP) is 15.7. The molecule has 0 bridgehead atoms. The molecule has 0 amide bonds. The fraction of sp³-hybridized carbons (Fsp3) is 0.909. The maximum absolute atomic E-state index is 4.14. The third-order valence-corrected chi connectivity index (χ3v) is 10.5. The highest BCUT2D eigenvalue weighted by atomic mass is 14.7. The molecule has 1 heterocycles. The number of aryl methyl sites for hydroxylation is 2. The highest BCUT2D eigenvalue weighted by Crippen LogP contribution is 2.28. The Labute approximate surface area is 285 Å². The molecular formula is C44H85N. The Balaban J connectivity index is 2.79. The van der Waals surface area contributed by atoms with Crippen LogP contribution in [0.1, 0.15) is 256 Å². The van der Waals surface area contributed by atoms with Crippen molar-refractivity contribution in [2.24, 2.45) is 0 Å². The molecule has 0 atom stereocenters. The van der Waals surface area contributed by atoms with Gasteiger partial charge in [0.2, 0.25) is 0 Å². The van der Waals surface area contributed by atoms with Crippen LogP contribution in [0, 0.1) is 0 Å². The number of H-pyrrole nitrogens is 1. The zero-order valence-electron chi connectivity index (χ0n) is 32.0. The van der Waals surface area contributed by atoms with Crippen LogP contribution < -0.4 is 0 Å². The quantitative estimate of drug-likeness (QED) is 0.0712. The average molecular weight is 628 g/mol. The van der Waals surface area contributed by atoms with Crippen LogP contribution in [0.25, 0.3) is 0 Å². The molecule has 1 N–H and O–H groups in total. The van der Waals surface area contributed by atoms with Crippen LogP contribution in [0.4, 0.5) is 0 Å². The van der Waals surface area contributed by atoms with E-state index < -0.39 is 0 Å². The number of nitrogens with one attached hydrogen (secondary N) is 1. The van der Waals surface area contributed by atoms with E-state index in [9.17, 15) is 0 Å². The van der Waals surface area contributed by atoms with E-state index in [0.29, 0.717) is 0 Å². The Morgan fingerprint density at radius 2 is 0.444 bits per heavy atom. The number of aromatic nitrogens is 1. The Hall–Kier alpha value is -0.720. The summed E-state index contributed by atoms with van der Waals surface area (Å²) >= 11 is 0. The molecule has 0 unspecified atom stereocenters. The van der Waals surface area contributed by atoms with Crippen molar-refractivity contribution < 1.29 is 0 Å². The molecule has 0 aliphatic carbocycles. The molecule has 0 saturated carbocycles. The topological polar surface area (TPSA) is 15.8 Å². The van der Waals surface area contributed by atoms with Crippen molar-refractivity contribution in [2.75, 3.05) is 0 Å². The summed E-state index contributed by atoms with van der Waals surface area (Å²) in [4.78, 5) is 4.14. The van der Waals surface area contributed by atoms with E-state index in [1.54, 1.807) is 22.5 Å². The number of rotatable bonds is 36. The van der Waals surface area contributed by atoms with Gasteiger partial charge in [-0.3, -0.25) is 0 Å². The Morgan fingerprint density at radius 3 is 0.689 bits per heavy atom. The monoisotopic (exact) mass is 628 g/mol. The molecule has 45 heavy (non-hydrogen) atoms. The molecule has 0 spiro atoms. The third kappa shape index (κ3) is 24.1. The number of unbranched alkanes of at least 4 members (excludes halogenated alkanes) is 28. The zero-order valence-corrected chi connectivity index (χ0v) is 32.0. The normalized spacial score (nSPS) is 11.6. The summed E-state index contributed by atoms with van der Waals surface area (Å²) in [6.45, 7) is 9.31. The summed E-state index contributed by atoms with van der Waals surface area (Å²) in [5.41, 5.74) is 6.91. The van der Waals surface area contributed by atoms with Crippen LogP contribution >= 0.6 is 0 Å². The molecule has 1 heteroatoms. The van der Waals surface area contributed by atoms with Crippen molar-refractivity contribution in [1.82, 2.24) is 4.98 Å². The summed E-state index contributed by atoms with van der Waals surface area (Å²) in [6, 6.07) is 0. The van der Waals surface area contributed by atoms with Crippen LogP contribution in [-0.4, -0.2) is 4.98 Å². The van der Waals surface area contributed by atoms with Crippen molar-refractivity contribution in [3.8, 4) is 0 Å². The lowest BCUT2D eigenvalue weighted by Crippen LogP contribution is -1.99. The smallest absolute Gasteiger partial charge is 0.0184 e. The number of hydrogen-bond donors (Lipinski definition) is 1. The lowest BCUT2D eigenvalue weighted by molar-refractivity contribution is 0.567. The molecule has 266 valence electrons. The molecule has 1 nitrogen and oxygen atoms in total. The van der Waals surface area contributed by atoms with Gasteiger partial charge in [0.1, 0.15) is 0 Å². The summed E-state index contributed by atoms with van der Waals surface area (Å²) in [5.74, 6) is 0. The van der Waals surface area contributed by atoms with Gasteiger partial charge in [0.05, 0.1) is 0 Å². The van der Waals surface area contributed by atoms with E-state index in [1.807, 2.05) is 0 Å². The van der Waals surface area contributed by atoms with Crippen molar-refractivity contribution in [2.45, 2.75) is 259 Å². The molecule has 0 saturated heterocycles. The van der Waals surface area contributed by atoms with Crippen molar-refractivity contribution >= 4 is 0 Å². The highest BCUT2D eigenvalue weighted by molar-refractivity contribution is 5.38. The predicted molar refractivity (Wildman–Crippen MR) is 206 cm³/mol. The van der Waals surface area contributed by atoms with Crippen LogP contribution in [0.2, 0.25) is 0 Å². The SMILES string of the molecule is CCCCCCCCCCc1[nH]c(CCCCCCCCCC)c(CCCCCCCCCC)c1CCCCCCCCCC. The first kappa shape index (κ1) is 42.3. The molecular weight excluding hydrogens is 542 g/mol. The third-order valence-electron chi connectivity index (χ3n) is 10.5. The van der Waals surface area contributed by atoms with Crippen molar-refractivity contribution in [3.05, 3.63) is 22.5 Å². The molecule has 0 radical (unpaired) electrons. The van der Waals surface area contributed by atoms with E-state index in [0.717, 1.165) is 0 Å². The van der Waals surface area contributed by atoms with Gasteiger partial charge < -0.3 is 4.98 Å². The van der Waals surface area contributed by atoms with E-state index in [4.69, 9.17) is 0 Å². The van der Waals surface area contributed by atoms with Crippen LogP contribution in [0.3, 0.4) is 0 Å². The fourth-order valence-corrected chi connectivity index (χ4v) is 7.47. The first-order valence-electron chi connectivity index (χ1n) is 21.5. The van der Waals surface area contributed by atoms with Crippen LogP contribution in [0.15, 0.2) is 0 Å². The lowest BCUT2D eigenvalue weighted by atomic mass is 9.93. The maximum atomic E-state index is 4.14. The van der Waals surface area contributed by atoms with Gasteiger partial charge in [-0.1, -0.05) is 207 Å². The summed E-state index contributed by atoms with van der Waals surface area (Å²) in [7, 11) is 0. The molecule has 1 aromatic rings. The molecule has 1 aromatic heterocycles. The Kier molecular flexibility index (Phi) is 31.2. The largest absolute Gasteiger partial charge is 0.362 e. The average Bonchev–Trinajstić information content (AvgIpc) is 3.37. The lowest BCUT2D eigenvalue weighted by Gasteiger charge is -2.10. The summed E-state index contributed by atoms with van der Waals surface area (Å²) < 4.78 is 0. The minimum absolute atomic E-state index is 1.29. The van der Waals surface area contributed by atoms with Gasteiger partial charge in [0.25, 0.3) is 0 Å². The molecule has 0 aliphatic rings. The molecule has 0 aliphatic heterocycles. The first-order valence-corrected chi connectivity index (χ1v) is 21.5. The first-order chi connectivity index (χ1) is 22.3. The van der Waals surface area contributed by atoms with Crippen molar-refractivity contribution in [3.63, 3.8) is 0 Å². The van der Waals surface area contributed by atoms with Gasteiger partial charge in [-0.25, -0.2) is 0 Å². The minimum Gasteiger partial charge on any atom is -0.362 e. The van der Waals surface area contributed by atoms with Gasteiger partial charge in [-0.05, 0) is 62.5 Å². The standard InChI is InChI=1S/C44H85N/c1-5-9-13-17-21-25-29-33-37-41-42(38-34-30-26-22-18-14-10-6-2)44(40-36-32-28-24-20-16-12-8-4)45-43(41)39-35-31-27-23-19-15-11-7-3/h45H,5-40H2,1-4H3. The summed E-state index contributed by atoms with van der Waals surface area (Å²) in [5, 5.41) is 0.